The lowest BCUT2D eigenvalue weighted by molar-refractivity contribution is -0.136. The van der Waals surface area contributed by atoms with E-state index in [1.54, 1.807) is 12.3 Å². The maximum atomic E-state index is 13.2. The van der Waals surface area contributed by atoms with Gasteiger partial charge in [0.25, 0.3) is 23.6 Å². The van der Waals surface area contributed by atoms with Crippen LogP contribution >= 0.6 is 0 Å². The molecule has 16 nitrogen and oxygen atoms in total. The van der Waals surface area contributed by atoms with Crippen LogP contribution in [0.1, 0.15) is 44.7 Å². The van der Waals surface area contributed by atoms with E-state index in [1.807, 2.05) is 18.5 Å². The Morgan fingerprint density at radius 2 is 1.52 bits per heavy atom. The van der Waals surface area contributed by atoms with Crippen LogP contribution in [0.3, 0.4) is 0 Å². The molecule has 6 amide bonds. The number of nitrogens with zero attached hydrogens (tertiary/aromatic N) is 3. The first-order valence-corrected chi connectivity index (χ1v) is 18.1. The van der Waals surface area contributed by atoms with Crippen molar-refractivity contribution in [1.29, 1.82) is 0 Å². The zero-order valence-electron chi connectivity index (χ0n) is 30.2. The Hall–Kier alpha value is -6.52. The summed E-state index contributed by atoms with van der Waals surface area (Å²) in [5.41, 5.74) is 6.93. The number of hydrogen-bond acceptors (Lipinski definition) is 12. The number of piperidine rings is 1. The summed E-state index contributed by atoms with van der Waals surface area (Å²) in [5.74, 6) is -3.00. The molecule has 0 spiro atoms. The number of hydrogen-bond donors (Lipinski definition) is 3. The molecule has 0 bridgehead atoms. The number of fused-ring (bicyclic) bond motifs is 4. The summed E-state index contributed by atoms with van der Waals surface area (Å²) in [4.78, 5) is 84.0. The number of pyridine rings is 2. The molecule has 1 fully saturated rings. The number of carbonyl (C=O) groups is 6. The molecule has 1 unspecified atom stereocenters. The lowest BCUT2D eigenvalue weighted by Gasteiger charge is -2.27. The van der Waals surface area contributed by atoms with Gasteiger partial charge in [-0.2, -0.15) is 0 Å². The molecule has 1 atom stereocenters. The molecule has 2 aromatic heterocycles. The number of nitrogens with one attached hydrogen (secondary N) is 3. The van der Waals surface area contributed by atoms with Crippen LogP contribution in [-0.4, -0.2) is 109 Å². The molecule has 0 saturated carbocycles. The van der Waals surface area contributed by atoms with Gasteiger partial charge in [0.15, 0.2) is 13.2 Å². The van der Waals surface area contributed by atoms with E-state index in [0.717, 1.165) is 22.4 Å². The molecule has 2 aliphatic heterocycles. The van der Waals surface area contributed by atoms with E-state index in [0.29, 0.717) is 5.88 Å². The molecule has 3 N–H and O–H groups in total. The maximum Gasteiger partial charge on any atom is 0.266 e. The predicted molar refractivity (Wildman–Crippen MR) is 197 cm³/mol. The normalized spacial score (nSPS) is 15.5. The van der Waals surface area contributed by atoms with Crippen molar-refractivity contribution < 1.29 is 47.7 Å². The fourth-order valence-corrected chi connectivity index (χ4v) is 6.68. The first-order chi connectivity index (χ1) is 27.3. The van der Waals surface area contributed by atoms with Crippen LogP contribution in [0, 0.1) is 0 Å². The van der Waals surface area contributed by atoms with Gasteiger partial charge in [0.1, 0.15) is 11.8 Å². The summed E-state index contributed by atoms with van der Waals surface area (Å²) in [5, 5.41) is 7.51. The standard InChI is InChI=1S/C40H38N6O10/c47-33-8-7-31(38(50)45-33)46-39(51)29-2-1-3-32(37(29)40(46)52)55-22-34(48)42-12-14-53-16-17-54-15-13-43-35(49)23-56-36-9-5-26(20-44-36)24-4-6-28-27(18-24)19-25-10-11-41-21-30(25)28/h1-6,9-11,18,20-21,31H,7-8,12-17,19,22-23H2,(H,42,48)(H,43,49)(H,45,47,50). The third-order valence-corrected chi connectivity index (χ3v) is 9.41. The molecule has 2 aromatic carbocycles. The van der Waals surface area contributed by atoms with Crippen LogP contribution in [0.25, 0.3) is 22.3 Å². The van der Waals surface area contributed by atoms with E-state index in [1.165, 1.54) is 40.5 Å². The molecule has 1 saturated heterocycles. The van der Waals surface area contributed by atoms with Crippen molar-refractivity contribution in [2.24, 2.45) is 0 Å². The first-order valence-electron chi connectivity index (χ1n) is 18.1. The van der Waals surface area contributed by atoms with E-state index in [-0.39, 0.29) is 81.7 Å². The fraction of sp³-hybridized carbons (Fsp3) is 0.300. The summed E-state index contributed by atoms with van der Waals surface area (Å²) >= 11 is 0. The van der Waals surface area contributed by atoms with Crippen molar-refractivity contribution in [3.63, 3.8) is 0 Å². The zero-order chi connectivity index (χ0) is 39.0. The summed E-state index contributed by atoms with van der Waals surface area (Å²) in [6.45, 7) is 0.851. The molecule has 4 heterocycles. The Morgan fingerprint density at radius 3 is 2.25 bits per heavy atom. The summed E-state index contributed by atoms with van der Waals surface area (Å²) in [6, 6.07) is 15.4. The largest absolute Gasteiger partial charge is 0.483 e. The topological polar surface area (TPSA) is 204 Å². The third-order valence-electron chi connectivity index (χ3n) is 9.41. The predicted octanol–water partition coefficient (Wildman–Crippen LogP) is 1.84. The van der Waals surface area contributed by atoms with Gasteiger partial charge in [-0.1, -0.05) is 24.3 Å². The van der Waals surface area contributed by atoms with Crippen molar-refractivity contribution in [2.45, 2.75) is 25.3 Å². The van der Waals surface area contributed by atoms with Crippen molar-refractivity contribution >= 4 is 35.4 Å². The Bertz CT molecular complexity index is 2180. The lowest BCUT2D eigenvalue weighted by Crippen LogP contribution is -2.54. The van der Waals surface area contributed by atoms with Gasteiger partial charge >= 0.3 is 0 Å². The highest BCUT2D eigenvalue weighted by atomic mass is 16.5. The average molecular weight is 763 g/mol. The van der Waals surface area contributed by atoms with Gasteiger partial charge in [0, 0.05) is 55.3 Å². The van der Waals surface area contributed by atoms with Crippen LogP contribution in [0.2, 0.25) is 0 Å². The molecular formula is C40H38N6O10. The van der Waals surface area contributed by atoms with E-state index < -0.39 is 42.2 Å². The monoisotopic (exact) mass is 762 g/mol. The Morgan fingerprint density at radius 1 is 0.768 bits per heavy atom. The van der Waals surface area contributed by atoms with Crippen molar-refractivity contribution in [1.82, 2.24) is 30.8 Å². The first kappa shape index (κ1) is 37.8. The number of ether oxygens (including phenoxy) is 4. The average Bonchev–Trinajstić information content (AvgIpc) is 3.70. The number of aromatic nitrogens is 2. The molecule has 7 rings (SSSR count). The maximum absolute atomic E-state index is 13.2. The van der Waals surface area contributed by atoms with Crippen LogP contribution in [-0.2, 0) is 35.1 Å². The summed E-state index contributed by atoms with van der Waals surface area (Å²) in [7, 11) is 0. The highest BCUT2D eigenvalue weighted by molar-refractivity contribution is 6.24. The van der Waals surface area contributed by atoms with E-state index in [2.05, 4.69) is 50.2 Å². The van der Waals surface area contributed by atoms with E-state index in [4.69, 9.17) is 18.9 Å². The molecule has 288 valence electrons. The van der Waals surface area contributed by atoms with E-state index in [9.17, 15) is 28.8 Å². The van der Waals surface area contributed by atoms with Gasteiger partial charge in [-0.15, -0.1) is 0 Å². The van der Waals surface area contributed by atoms with Crippen LogP contribution in [0.15, 0.2) is 73.2 Å². The van der Waals surface area contributed by atoms with Gasteiger partial charge in [0.2, 0.25) is 17.7 Å². The smallest absolute Gasteiger partial charge is 0.266 e. The third kappa shape index (κ3) is 8.56. The van der Waals surface area contributed by atoms with Gasteiger partial charge < -0.3 is 29.6 Å². The minimum Gasteiger partial charge on any atom is -0.483 e. The Kier molecular flexibility index (Phi) is 11.7. The summed E-state index contributed by atoms with van der Waals surface area (Å²) < 4.78 is 22.0. The molecule has 16 heteroatoms. The van der Waals surface area contributed by atoms with E-state index >= 15 is 0 Å². The van der Waals surface area contributed by atoms with Crippen LogP contribution in [0.4, 0.5) is 0 Å². The molecular weight excluding hydrogens is 724 g/mol. The second-order valence-corrected chi connectivity index (χ2v) is 13.1. The molecule has 1 aliphatic carbocycles. The van der Waals surface area contributed by atoms with Gasteiger partial charge in [0.05, 0.1) is 37.6 Å². The SMILES string of the molecule is O=C(COc1ccc(-c2ccc3c(c2)Cc2ccncc2-3)cn1)NCCOCCOCCNC(=O)COc1cccc2c1C(=O)N(C1CCC(=O)NC1=O)C2=O. The highest BCUT2D eigenvalue weighted by Crippen LogP contribution is 2.38. The quantitative estimate of drug-likeness (QED) is 0.0918. The Balaban J connectivity index is 0.722. The number of carbonyl (C=O) groups excluding carboxylic acids is 6. The number of benzene rings is 2. The van der Waals surface area contributed by atoms with Crippen LogP contribution < -0.4 is 25.4 Å². The van der Waals surface area contributed by atoms with Crippen molar-refractivity contribution in [3.8, 4) is 33.9 Å². The minimum absolute atomic E-state index is 0.00331. The second-order valence-electron chi connectivity index (χ2n) is 13.1. The number of amides is 6. The fourth-order valence-electron chi connectivity index (χ4n) is 6.68. The van der Waals surface area contributed by atoms with Crippen molar-refractivity contribution in [2.75, 3.05) is 52.7 Å². The highest BCUT2D eigenvalue weighted by Gasteiger charge is 2.46. The van der Waals surface area contributed by atoms with Gasteiger partial charge in [-0.3, -0.25) is 44.0 Å². The number of rotatable bonds is 17. The molecule has 4 aromatic rings. The minimum atomic E-state index is -1.11. The van der Waals surface area contributed by atoms with Crippen molar-refractivity contribution in [3.05, 3.63) is 95.4 Å². The lowest BCUT2D eigenvalue weighted by atomic mass is 10.0. The zero-order valence-corrected chi connectivity index (χ0v) is 30.2. The summed E-state index contributed by atoms with van der Waals surface area (Å²) in [6.07, 6.45) is 6.36. The van der Waals surface area contributed by atoms with Crippen LogP contribution in [0.5, 0.6) is 11.6 Å². The Labute approximate surface area is 320 Å². The molecule has 0 radical (unpaired) electrons. The van der Waals surface area contributed by atoms with Gasteiger partial charge in [-0.25, -0.2) is 4.98 Å². The molecule has 56 heavy (non-hydrogen) atoms. The number of imide groups is 2. The molecule has 3 aliphatic rings. The van der Waals surface area contributed by atoms with Gasteiger partial charge in [-0.05, 0) is 59.4 Å². The second kappa shape index (κ2) is 17.3.